The van der Waals surface area contributed by atoms with Crippen LogP contribution in [-0.4, -0.2) is 47.7 Å². The number of aliphatic hydroxyl groups is 1. The third kappa shape index (κ3) is 3.95. The second-order valence-corrected chi connectivity index (χ2v) is 6.51. The fourth-order valence-electron chi connectivity index (χ4n) is 3.02. The van der Waals surface area contributed by atoms with Gasteiger partial charge in [-0.3, -0.25) is 4.68 Å². The van der Waals surface area contributed by atoms with Gasteiger partial charge in [0.1, 0.15) is 5.60 Å². The van der Waals surface area contributed by atoms with E-state index in [-0.39, 0.29) is 0 Å². The summed E-state index contributed by atoms with van der Waals surface area (Å²) in [5.41, 5.74) is 2.36. The summed E-state index contributed by atoms with van der Waals surface area (Å²) in [5, 5.41) is 18.2. The summed E-state index contributed by atoms with van der Waals surface area (Å²) in [6.07, 6.45) is 3.56. The zero-order chi connectivity index (χ0) is 17.0. The van der Waals surface area contributed by atoms with Crippen LogP contribution in [0, 0.1) is 0 Å². The third-order valence-corrected chi connectivity index (χ3v) is 4.45. The number of ether oxygens (including phenoxy) is 1. The highest BCUT2D eigenvalue weighted by Crippen LogP contribution is 2.22. The molecule has 1 aromatic heterocycles. The predicted octanol–water partition coefficient (Wildman–Crippen LogP) is 1.25. The number of morpholine rings is 1. The van der Waals surface area contributed by atoms with Gasteiger partial charge in [0.05, 0.1) is 19.4 Å². The van der Waals surface area contributed by atoms with Crippen molar-refractivity contribution in [2.75, 3.05) is 37.7 Å². The topological polar surface area (TPSA) is 62.5 Å². The summed E-state index contributed by atoms with van der Waals surface area (Å²) in [5.74, 6) is 0. The quantitative estimate of drug-likeness (QED) is 0.835. The Morgan fingerprint density at radius 3 is 2.75 bits per heavy atom. The Bertz CT molecular complexity index is 663. The molecule has 6 heteroatoms. The highest BCUT2D eigenvalue weighted by molar-refractivity contribution is 5.53. The summed E-state index contributed by atoms with van der Waals surface area (Å²) in [6.45, 7) is 6.38. The van der Waals surface area contributed by atoms with E-state index in [4.69, 9.17) is 4.74 Å². The van der Waals surface area contributed by atoms with Gasteiger partial charge in [0.15, 0.2) is 0 Å². The normalized spacial score (nSPS) is 17.7. The Labute approximate surface area is 143 Å². The number of aromatic nitrogens is 2. The Morgan fingerprint density at radius 2 is 2.04 bits per heavy atom. The van der Waals surface area contributed by atoms with Crippen molar-refractivity contribution in [1.82, 2.24) is 15.1 Å². The van der Waals surface area contributed by atoms with E-state index in [1.807, 2.05) is 20.2 Å². The standard InChI is InChI=1S/C18H26N4O2/c1-18(23,16-12-20-21(2)13-16)14-19-11-15-5-3-4-6-17(15)22-7-9-24-10-8-22/h3-6,12-13,19,23H,7-11,14H2,1-2H3. The molecule has 1 aliphatic heterocycles. The number of anilines is 1. The number of nitrogens with zero attached hydrogens (tertiary/aromatic N) is 3. The molecule has 0 amide bonds. The molecule has 1 saturated heterocycles. The SMILES string of the molecule is Cn1cc(C(C)(O)CNCc2ccccc2N2CCOCC2)cn1. The maximum atomic E-state index is 10.7. The van der Waals surface area contributed by atoms with Crippen LogP contribution >= 0.6 is 0 Å². The van der Waals surface area contributed by atoms with E-state index in [1.165, 1.54) is 11.3 Å². The first-order valence-electron chi connectivity index (χ1n) is 8.39. The molecule has 1 unspecified atom stereocenters. The molecule has 2 aromatic rings. The smallest absolute Gasteiger partial charge is 0.102 e. The fraction of sp³-hybridized carbons (Fsp3) is 0.500. The molecule has 3 rings (SSSR count). The van der Waals surface area contributed by atoms with Gasteiger partial charge in [0, 0.05) is 50.7 Å². The number of hydrogen-bond donors (Lipinski definition) is 2. The van der Waals surface area contributed by atoms with Gasteiger partial charge in [-0.15, -0.1) is 0 Å². The van der Waals surface area contributed by atoms with Crippen molar-refractivity contribution in [3.63, 3.8) is 0 Å². The van der Waals surface area contributed by atoms with E-state index >= 15 is 0 Å². The molecule has 0 bridgehead atoms. The summed E-state index contributed by atoms with van der Waals surface area (Å²) in [7, 11) is 1.85. The van der Waals surface area contributed by atoms with Crippen molar-refractivity contribution in [1.29, 1.82) is 0 Å². The lowest BCUT2D eigenvalue weighted by atomic mass is 9.99. The lowest BCUT2D eigenvalue weighted by molar-refractivity contribution is 0.0566. The first-order chi connectivity index (χ1) is 11.6. The average Bonchev–Trinajstić information content (AvgIpc) is 3.03. The molecule has 0 saturated carbocycles. The second-order valence-electron chi connectivity index (χ2n) is 6.51. The van der Waals surface area contributed by atoms with Crippen molar-refractivity contribution in [2.24, 2.45) is 7.05 Å². The van der Waals surface area contributed by atoms with Gasteiger partial charge in [0.2, 0.25) is 0 Å². The van der Waals surface area contributed by atoms with Gasteiger partial charge in [-0.05, 0) is 18.6 Å². The van der Waals surface area contributed by atoms with Crippen LogP contribution in [0.5, 0.6) is 0 Å². The maximum Gasteiger partial charge on any atom is 0.102 e. The van der Waals surface area contributed by atoms with Crippen LogP contribution in [0.15, 0.2) is 36.7 Å². The average molecular weight is 330 g/mol. The minimum atomic E-state index is -0.942. The summed E-state index contributed by atoms with van der Waals surface area (Å²) in [6, 6.07) is 8.42. The Hall–Kier alpha value is -1.89. The highest BCUT2D eigenvalue weighted by atomic mass is 16.5. The maximum absolute atomic E-state index is 10.7. The van der Waals surface area contributed by atoms with Crippen molar-refractivity contribution < 1.29 is 9.84 Å². The summed E-state index contributed by atoms with van der Waals surface area (Å²) in [4.78, 5) is 2.36. The molecule has 2 N–H and O–H groups in total. The van der Waals surface area contributed by atoms with Gasteiger partial charge in [0.25, 0.3) is 0 Å². The molecule has 0 aliphatic carbocycles. The number of hydrogen-bond acceptors (Lipinski definition) is 5. The van der Waals surface area contributed by atoms with Crippen molar-refractivity contribution >= 4 is 5.69 Å². The van der Waals surface area contributed by atoms with Gasteiger partial charge < -0.3 is 20.1 Å². The van der Waals surface area contributed by atoms with Crippen molar-refractivity contribution in [3.05, 3.63) is 47.8 Å². The third-order valence-electron chi connectivity index (χ3n) is 4.45. The van der Waals surface area contributed by atoms with E-state index in [1.54, 1.807) is 10.9 Å². The van der Waals surface area contributed by atoms with Gasteiger partial charge >= 0.3 is 0 Å². The second kappa shape index (κ2) is 7.34. The van der Waals surface area contributed by atoms with Crippen LogP contribution in [0.4, 0.5) is 5.69 Å². The minimum absolute atomic E-state index is 0.468. The number of aryl methyl sites for hydroxylation is 1. The number of rotatable bonds is 6. The van der Waals surface area contributed by atoms with Crippen LogP contribution in [0.25, 0.3) is 0 Å². The van der Waals surface area contributed by atoms with Crippen LogP contribution in [0.3, 0.4) is 0 Å². The van der Waals surface area contributed by atoms with Crippen molar-refractivity contribution in [3.8, 4) is 0 Å². The van der Waals surface area contributed by atoms with E-state index in [0.717, 1.165) is 31.9 Å². The molecular formula is C18H26N4O2. The van der Waals surface area contributed by atoms with Gasteiger partial charge in [-0.25, -0.2) is 0 Å². The molecule has 130 valence electrons. The zero-order valence-electron chi connectivity index (χ0n) is 14.4. The molecule has 0 spiro atoms. The van der Waals surface area contributed by atoms with Crippen LogP contribution in [0.1, 0.15) is 18.1 Å². The monoisotopic (exact) mass is 330 g/mol. The molecule has 1 fully saturated rings. The Kier molecular flexibility index (Phi) is 5.18. The van der Waals surface area contributed by atoms with Crippen LogP contribution in [0.2, 0.25) is 0 Å². The lowest BCUT2D eigenvalue weighted by Gasteiger charge is -2.31. The molecule has 2 heterocycles. The number of para-hydroxylation sites is 1. The predicted molar refractivity (Wildman–Crippen MR) is 94.0 cm³/mol. The minimum Gasteiger partial charge on any atom is -0.384 e. The highest BCUT2D eigenvalue weighted by Gasteiger charge is 2.24. The van der Waals surface area contributed by atoms with Gasteiger partial charge in [-0.2, -0.15) is 5.10 Å². The van der Waals surface area contributed by atoms with E-state index in [0.29, 0.717) is 13.1 Å². The summed E-state index contributed by atoms with van der Waals surface area (Å²) >= 11 is 0. The molecular weight excluding hydrogens is 304 g/mol. The molecule has 1 atom stereocenters. The zero-order valence-corrected chi connectivity index (χ0v) is 14.4. The molecule has 0 radical (unpaired) electrons. The van der Waals surface area contributed by atoms with Crippen LogP contribution in [-0.2, 0) is 23.9 Å². The van der Waals surface area contributed by atoms with Crippen molar-refractivity contribution in [2.45, 2.75) is 19.1 Å². The molecule has 6 nitrogen and oxygen atoms in total. The number of benzene rings is 1. The first-order valence-corrected chi connectivity index (χ1v) is 8.39. The van der Waals surface area contributed by atoms with Gasteiger partial charge in [-0.1, -0.05) is 18.2 Å². The fourth-order valence-corrected chi connectivity index (χ4v) is 3.02. The molecule has 1 aromatic carbocycles. The Morgan fingerprint density at radius 1 is 1.29 bits per heavy atom. The first kappa shape index (κ1) is 17.0. The Balaban J connectivity index is 1.62. The van der Waals surface area contributed by atoms with E-state index in [2.05, 4.69) is 39.6 Å². The van der Waals surface area contributed by atoms with E-state index in [9.17, 15) is 5.11 Å². The van der Waals surface area contributed by atoms with Crippen LogP contribution < -0.4 is 10.2 Å². The summed E-state index contributed by atoms with van der Waals surface area (Å²) < 4.78 is 7.15. The largest absolute Gasteiger partial charge is 0.384 e. The molecule has 24 heavy (non-hydrogen) atoms. The molecule has 1 aliphatic rings. The lowest BCUT2D eigenvalue weighted by Crippen LogP contribution is -2.38. The van der Waals surface area contributed by atoms with E-state index < -0.39 is 5.60 Å². The number of nitrogens with one attached hydrogen (secondary N) is 1.